The third kappa shape index (κ3) is 4.20. The molecule has 1 aliphatic carbocycles. The van der Waals surface area contributed by atoms with Gasteiger partial charge in [0.25, 0.3) is 0 Å². The second-order valence-electron chi connectivity index (χ2n) is 5.87. The van der Waals surface area contributed by atoms with Crippen molar-refractivity contribution in [3.05, 3.63) is 15.6 Å². The van der Waals surface area contributed by atoms with Crippen molar-refractivity contribution < 1.29 is 0 Å². The van der Waals surface area contributed by atoms with Crippen molar-refractivity contribution in [1.29, 1.82) is 0 Å². The second-order valence-corrected chi connectivity index (χ2v) is 8.28. The van der Waals surface area contributed by atoms with E-state index in [0.29, 0.717) is 5.92 Å². The fraction of sp³-hybridized carbons (Fsp3) is 0.800. The van der Waals surface area contributed by atoms with Gasteiger partial charge in [-0.2, -0.15) is 11.8 Å². The first kappa shape index (κ1) is 15.3. The van der Waals surface area contributed by atoms with Crippen LogP contribution in [-0.2, 0) is 5.75 Å². The van der Waals surface area contributed by atoms with Gasteiger partial charge in [0, 0.05) is 21.9 Å². The Balaban J connectivity index is 1.98. The van der Waals surface area contributed by atoms with E-state index in [1.807, 2.05) is 11.3 Å². The third-order valence-electron chi connectivity index (χ3n) is 3.68. The van der Waals surface area contributed by atoms with Crippen LogP contribution in [0.4, 0.5) is 0 Å². The maximum Gasteiger partial charge on any atom is 0.103 e. The summed E-state index contributed by atoms with van der Waals surface area (Å²) in [4.78, 5) is 6.12. The van der Waals surface area contributed by atoms with E-state index in [2.05, 4.69) is 32.5 Å². The van der Waals surface area contributed by atoms with Crippen molar-refractivity contribution >= 4 is 23.1 Å². The summed E-state index contributed by atoms with van der Waals surface area (Å²) in [6, 6.07) is 0.114. The SMILES string of the molecule is CC(C)c1nc(CSC2CCCCC2)sc1C(C)N. The summed E-state index contributed by atoms with van der Waals surface area (Å²) in [5.74, 6) is 1.55. The van der Waals surface area contributed by atoms with Gasteiger partial charge in [-0.1, -0.05) is 33.1 Å². The van der Waals surface area contributed by atoms with Crippen LogP contribution in [0.2, 0.25) is 0 Å². The van der Waals surface area contributed by atoms with Crippen LogP contribution in [0, 0.1) is 0 Å². The van der Waals surface area contributed by atoms with Crippen molar-refractivity contribution in [2.24, 2.45) is 5.73 Å². The van der Waals surface area contributed by atoms with Crippen LogP contribution in [0.25, 0.3) is 0 Å². The lowest BCUT2D eigenvalue weighted by Gasteiger charge is -2.20. The largest absolute Gasteiger partial charge is 0.323 e. The monoisotopic (exact) mass is 298 g/mol. The van der Waals surface area contributed by atoms with Crippen LogP contribution in [-0.4, -0.2) is 10.2 Å². The van der Waals surface area contributed by atoms with Gasteiger partial charge in [0.2, 0.25) is 0 Å². The molecule has 1 aromatic heterocycles. The topological polar surface area (TPSA) is 38.9 Å². The van der Waals surface area contributed by atoms with Crippen molar-refractivity contribution in [2.45, 2.75) is 75.8 Å². The summed E-state index contributed by atoms with van der Waals surface area (Å²) in [5.41, 5.74) is 7.29. The van der Waals surface area contributed by atoms with E-state index >= 15 is 0 Å². The van der Waals surface area contributed by atoms with Gasteiger partial charge in [0.1, 0.15) is 5.01 Å². The van der Waals surface area contributed by atoms with Gasteiger partial charge in [-0.15, -0.1) is 11.3 Å². The fourth-order valence-corrected chi connectivity index (χ4v) is 5.13. The lowest BCUT2D eigenvalue weighted by atomic mass is 10.0. The fourth-order valence-electron chi connectivity index (χ4n) is 2.61. The maximum absolute atomic E-state index is 6.07. The van der Waals surface area contributed by atoms with Crippen molar-refractivity contribution in [3.8, 4) is 0 Å². The molecule has 1 aromatic rings. The van der Waals surface area contributed by atoms with E-state index in [0.717, 1.165) is 11.0 Å². The summed E-state index contributed by atoms with van der Waals surface area (Å²) >= 11 is 3.93. The molecule has 1 fully saturated rings. The molecule has 19 heavy (non-hydrogen) atoms. The minimum Gasteiger partial charge on any atom is -0.323 e. The number of hydrogen-bond donors (Lipinski definition) is 1. The predicted octanol–water partition coefficient (Wildman–Crippen LogP) is 4.85. The number of thioether (sulfide) groups is 1. The number of hydrogen-bond acceptors (Lipinski definition) is 4. The molecule has 0 aromatic carbocycles. The highest BCUT2D eigenvalue weighted by Crippen LogP contribution is 2.34. The smallest absolute Gasteiger partial charge is 0.103 e. The molecule has 2 N–H and O–H groups in total. The highest BCUT2D eigenvalue weighted by molar-refractivity contribution is 7.99. The van der Waals surface area contributed by atoms with Crippen LogP contribution in [0.15, 0.2) is 0 Å². The number of thiazole rings is 1. The van der Waals surface area contributed by atoms with Crippen LogP contribution in [0.1, 0.15) is 80.4 Å². The predicted molar refractivity (Wildman–Crippen MR) is 87.0 cm³/mol. The van der Waals surface area contributed by atoms with E-state index in [9.17, 15) is 0 Å². The Labute approximate surface area is 125 Å². The van der Waals surface area contributed by atoms with Gasteiger partial charge in [-0.3, -0.25) is 0 Å². The zero-order valence-corrected chi connectivity index (χ0v) is 13.9. The number of aromatic nitrogens is 1. The lowest BCUT2D eigenvalue weighted by Crippen LogP contribution is -2.08. The molecule has 108 valence electrons. The molecule has 0 amide bonds. The van der Waals surface area contributed by atoms with Gasteiger partial charge in [0.05, 0.1) is 5.69 Å². The summed E-state index contributed by atoms with van der Waals surface area (Å²) in [5, 5.41) is 2.13. The quantitative estimate of drug-likeness (QED) is 0.844. The third-order valence-corrected chi connectivity index (χ3v) is 6.52. The minimum absolute atomic E-state index is 0.114. The van der Waals surface area contributed by atoms with E-state index < -0.39 is 0 Å². The molecule has 2 rings (SSSR count). The van der Waals surface area contributed by atoms with E-state index in [1.165, 1.54) is 47.7 Å². The Bertz CT molecular complexity index is 367. The first-order valence-electron chi connectivity index (χ1n) is 7.44. The summed E-state index contributed by atoms with van der Waals surface area (Å²) in [7, 11) is 0. The van der Waals surface area contributed by atoms with E-state index in [-0.39, 0.29) is 6.04 Å². The Morgan fingerprint density at radius 3 is 2.47 bits per heavy atom. The molecular weight excluding hydrogens is 272 g/mol. The highest BCUT2D eigenvalue weighted by Gasteiger charge is 2.19. The average Bonchev–Trinajstić information content (AvgIpc) is 2.82. The molecule has 4 heteroatoms. The van der Waals surface area contributed by atoms with Gasteiger partial charge < -0.3 is 5.73 Å². The number of nitrogens with two attached hydrogens (primary N) is 1. The lowest BCUT2D eigenvalue weighted by molar-refractivity contribution is 0.516. The standard InChI is InChI=1S/C15H26N2S2/c1-10(2)14-15(11(3)16)19-13(17-14)9-18-12-7-5-4-6-8-12/h10-12H,4-9,16H2,1-3H3. The van der Waals surface area contributed by atoms with E-state index in [1.54, 1.807) is 0 Å². The Kier molecular flexibility index (Phi) is 5.72. The minimum atomic E-state index is 0.114. The molecule has 1 atom stereocenters. The van der Waals surface area contributed by atoms with Gasteiger partial charge in [-0.25, -0.2) is 4.98 Å². The maximum atomic E-state index is 6.07. The van der Waals surface area contributed by atoms with E-state index in [4.69, 9.17) is 10.7 Å². The molecule has 0 spiro atoms. The zero-order chi connectivity index (χ0) is 13.8. The normalized spacial score (nSPS) is 19.0. The zero-order valence-electron chi connectivity index (χ0n) is 12.3. The molecule has 1 saturated carbocycles. The van der Waals surface area contributed by atoms with Crippen molar-refractivity contribution in [3.63, 3.8) is 0 Å². The van der Waals surface area contributed by atoms with Crippen LogP contribution in [0.5, 0.6) is 0 Å². The second kappa shape index (κ2) is 7.09. The first-order chi connectivity index (χ1) is 9.08. The van der Waals surface area contributed by atoms with Crippen molar-refractivity contribution in [2.75, 3.05) is 0 Å². The summed E-state index contributed by atoms with van der Waals surface area (Å²) in [6.07, 6.45) is 7.05. The van der Waals surface area contributed by atoms with Gasteiger partial charge in [0.15, 0.2) is 0 Å². The van der Waals surface area contributed by atoms with Crippen LogP contribution in [0.3, 0.4) is 0 Å². The average molecular weight is 299 g/mol. The highest BCUT2D eigenvalue weighted by atomic mass is 32.2. The Morgan fingerprint density at radius 1 is 1.26 bits per heavy atom. The molecule has 0 saturated heterocycles. The molecule has 0 bridgehead atoms. The van der Waals surface area contributed by atoms with Crippen LogP contribution >= 0.6 is 23.1 Å². The Hall–Kier alpha value is -0.0600. The first-order valence-corrected chi connectivity index (χ1v) is 9.31. The van der Waals surface area contributed by atoms with Gasteiger partial charge in [-0.05, 0) is 25.7 Å². The van der Waals surface area contributed by atoms with Crippen molar-refractivity contribution in [1.82, 2.24) is 4.98 Å². The molecule has 0 radical (unpaired) electrons. The summed E-state index contributed by atoms with van der Waals surface area (Å²) < 4.78 is 0. The molecule has 2 nitrogen and oxygen atoms in total. The molecule has 1 unspecified atom stereocenters. The summed E-state index contributed by atoms with van der Waals surface area (Å²) in [6.45, 7) is 6.48. The van der Waals surface area contributed by atoms with Gasteiger partial charge >= 0.3 is 0 Å². The number of nitrogens with zero attached hydrogens (tertiary/aromatic N) is 1. The van der Waals surface area contributed by atoms with Crippen LogP contribution < -0.4 is 5.73 Å². The molecule has 0 aliphatic heterocycles. The molecule has 1 heterocycles. The Morgan fingerprint density at radius 2 is 1.95 bits per heavy atom. The molecular formula is C15H26N2S2. The molecule has 1 aliphatic rings. The number of rotatable bonds is 5.